The Morgan fingerprint density at radius 3 is 2.56 bits per heavy atom. The van der Waals surface area contributed by atoms with E-state index in [2.05, 4.69) is 29.2 Å². The number of nitrogens with two attached hydrogens (primary N) is 1. The van der Waals surface area contributed by atoms with Gasteiger partial charge in [0.25, 0.3) is 0 Å². The van der Waals surface area contributed by atoms with Crippen molar-refractivity contribution in [3.05, 3.63) is 54.4 Å². The minimum absolute atomic E-state index is 0.174. The van der Waals surface area contributed by atoms with Crippen molar-refractivity contribution in [2.75, 3.05) is 13.1 Å². The molecule has 1 saturated carbocycles. The molecule has 1 aliphatic heterocycles. The molecule has 0 bridgehead atoms. The Kier molecular flexibility index (Phi) is 4.68. The summed E-state index contributed by atoms with van der Waals surface area (Å²) in [4.78, 5) is 30.9. The lowest BCUT2D eigenvalue weighted by Gasteiger charge is -2.41. The van der Waals surface area contributed by atoms with Gasteiger partial charge >= 0.3 is 0 Å². The Hall–Kier alpha value is -2.69. The number of aromatic nitrogens is 1. The van der Waals surface area contributed by atoms with Crippen LogP contribution in [0.25, 0.3) is 11.1 Å². The minimum atomic E-state index is -0.668. The van der Waals surface area contributed by atoms with Crippen LogP contribution >= 0.6 is 0 Å². The molecular formula is C22H25N3O2. The monoisotopic (exact) mass is 363 g/mol. The second kappa shape index (κ2) is 7.14. The van der Waals surface area contributed by atoms with E-state index in [-0.39, 0.29) is 17.7 Å². The summed E-state index contributed by atoms with van der Waals surface area (Å²) in [5, 5.41) is 0. The number of pyridine rings is 1. The molecule has 2 aliphatic rings. The minimum Gasteiger partial charge on any atom is -0.369 e. The maximum Gasteiger partial charge on any atom is 0.225 e. The second-order valence-corrected chi connectivity index (χ2v) is 7.90. The molecular weight excluding hydrogens is 338 g/mol. The van der Waals surface area contributed by atoms with Crippen molar-refractivity contribution in [1.29, 1.82) is 0 Å². The van der Waals surface area contributed by atoms with Crippen molar-refractivity contribution in [2.45, 2.75) is 32.1 Å². The van der Waals surface area contributed by atoms with Gasteiger partial charge in [-0.15, -0.1) is 0 Å². The highest BCUT2D eigenvalue weighted by molar-refractivity contribution is 5.85. The normalized spacial score (nSPS) is 22.4. The van der Waals surface area contributed by atoms with E-state index in [1.807, 2.05) is 23.2 Å². The predicted octanol–water partition coefficient (Wildman–Crippen LogP) is 2.80. The van der Waals surface area contributed by atoms with Crippen LogP contribution in [-0.2, 0) is 16.0 Å². The molecule has 5 nitrogen and oxygen atoms in total. The van der Waals surface area contributed by atoms with Crippen LogP contribution < -0.4 is 5.73 Å². The summed E-state index contributed by atoms with van der Waals surface area (Å²) in [6.45, 7) is 1.19. The zero-order valence-corrected chi connectivity index (χ0v) is 15.4. The number of nitrogens with zero attached hydrogens (tertiary/aromatic N) is 2. The Balaban J connectivity index is 1.52. The Labute approximate surface area is 159 Å². The van der Waals surface area contributed by atoms with Crippen LogP contribution in [0.5, 0.6) is 0 Å². The lowest BCUT2D eigenvalue weighted by atomic mass is 9.74. The molecule has 2 aromatic rings. The molecule has 140 valence electrons. The van der Waals surface area contributed by atoms with Crippen molar-refractivity contribution in [3.8, 4) is 11.1 Å². The van der Waals surface area contributed by atoms with E-state index in [0.29, 0.717) is 13.0 Å². The maximum absolute atomic E-state index is 12.5. The molecule has 2 amide bonds. The van der Waals surface area contributed by atoms with Crippen LogP contribution in [0.3, 0.4) is 0 Å². The van der Waals surface area contributed by atoms with E-state index in [1.54, 1.807) is 6.20 Å². The van der Waals surface area contributed by atoms with Gasteiger partial charge < -0.3 is 10.6 Å². The molecule has 0 spiro atoms. The fraction of sp³-hybridized carbons (Fsp3) is 0.409. The number of carbonyl (C=O) groups is 2. The van der Waals surface area contributed by atoms with Crippen LogP contribution in [0.4, 0.5) is 0 Å². The summed E-state index contributed by atoms with van der Waals surface area (Å²) in [6, 6.07) is 12.1. The lowest BCUT2D eigenvalue weighted by molar-refractivity contribution is -0.140. The largest absolute Gasteiger partial charge is 0.369 e. The number of benzene rings is 1. The molecule has 1 atom stereocenters. The van der Waals surface area contributed by atoms with Crippen LogP contribution in [0.2, 0.25) is 0 Å². The van der Waals surface area contributed by atoms with Crippen molar-refractivity contribution in [3.63, 3.8) is 0 Å². The average Bonchev–Trinajstić information content (AvgIpc) is 3.54. The van der Waals surface area contributed by atoms with Crippen molar-refractivity contribution >= 4 is 11.8 Å². The molecule has 1 aromatic carbocycles. The summed E-state index contributed by atoms with van der Waals surface area (Å²) < 4.78 is 0. The van der Waals surface area contributed by atoms with Gasteiger partial charge in [-0.25, -0.2) is 0 Å². The topological polar surface area (TPSA) is 76.3 Å². The zero-order chi connectivity index (χ0) is 18.9. The fourth-order valence-corrected chi connectivity index (χ4v) is 4.08. The molecule has 1 aromatic heterocycles. The van der Waals surface area contributed by atoms with Gasteiger partial charge in [0.2, 0.25) is 11.8 Å². The van der Waals surface area contributed by atoms with Gasteiger partial charge in [-0.3, -0.25) is 14.6 Å². The Morgan fingerprint density at radius 1 is 1.15 bits per heavy atom. The number of amides is 2. The molecule has 2 heterocycles. The van der Waals surface area contributed by atoms with Crippen LogP contribution in [0.1, 0.15) is 31.2 Å². The first-order valence-electron chi connectivity index (χ1n) is 9.65. The van der Waals surface area contributed by atoms with Crippen LogP contribution in [-0.4, -0.2) is 34.8 Å². The molecule has 0 unspecified atom stereocenters. The molecule has 1 aliphatic carbocycles. The second-order valence-electron chi connectivity index (χ2n) is 7.90. The van der Waals surface area contributed by atoms with E-state index >= 15 is 0 Å². The van der Waals surface area contributed by atoms with Gasteiger partial charge in [-0.1, -0.05) is 30.3 Å². The molecule has 2 fully saturated rings. The summed E-state index contributed by atoms with van der Waals surface area (Å²) in [7, 11) is 0. The third-order valence-electron chi connectivity index (χ3n) is 5.83. The summed E-state index contributed by atoms with van der Waals surface area (Å²) in [5.41, 5.74) is 8.40. The Bertz CT molecular complexity index is 830. The van der Waals surface area contributed by atoms with Gasteiger partial charge in [0.15, 0.2) is 0 Å². The first-order chi connectivity index (χ1) is 13.1. The highest BCUT2D eigenvalue weighted by atomic mass is 16.2. The van der Waals surface area contributed by atoms with Crippen LogP contribution in [0, 0.1) is 11.3 Å². The first-order valence-corrected chi connectivity index (χ1v) is 9.65. The summed E-state index contributed by atoms with van der Waals surface area (Å²) >= 11 is 0. The van der Waals surface area contributed by atoms with Gasteiger partial charge in [0, 0.05) is 31.4 Å². The van der Waals surface area contributed by atoms with Crippen LogP contribution in [0.15, 0.2) is 48.8 Å². The van der Waals surface area contributed by atoms with Crippen molar-refractivity contribution in [1.82, 2.24) is 9.88 Å². The van der Waals surface area contributed by atoms with Crippen molar-refractivity contribution < 1.29 is 9.59 Å². The number of carbonyl (C=O) groups excluding carboxylic acids is 2. The van der Waals surface area contributed by atoms with Gasteiger partial charge in [0.05, 0.1) is 5.41 Å². The quantitative estimate of drug-likeness (QED) is 0.887. The Morgan fingerprint density at radius 2 is 1.93 bits per heavy atom. The number of rotatable bonds is 5. The third-order valence-corrected chi connectivity index (χ3v) is 5.83. The molecule has 0 radical (unpaired) electrons. The van der Waals surface area contributed by atoms with Gasteiger partial charge in [0.1, 0.15) is 0 Å². The first kappa shape index (κ1) is 17.7. The highest BCUT2D eigenvalue weighted by Crippen LogP contribution is 2.38. The lowest BCUT2D eigenvalue weighted by Crippen LogP contribution is -2.53. The fourth-order valence-electron chi connectivity index (χ4n) is 4.08. The van der Waals surface area contributed by atoms with Gasteiger partial charge in [-0.05, 0) is 54.9 Å². The molecule has 5 heteroatoms. The number of piperidine rings is 1. The summed E-state index contributed by atoms with van der Waals surface area (Å²) in [6.07, 6.45) is 7.69. The molecule has 4 rings (SSSR count). The van der Waals surface area contributed by atoms with E-state index in [9.17, 15) is 9.59 Å². The summed E-state index contributed by atoms with van der Waals surface area (Å²) in [5.74, 6) is 0.0758. The zero-order valence-electron chi connectivity index (χ0n) is 15.4. The van der Waals surface area contributed by atoms with Crippen molar-refractivity contribution in [2.24, 2.45) is 17.1 Å². The highest BCUT2D eigenvalue weighted by Gasteiger charge is 2.44. The number of likely N-dealkylation sites (tertiary alicyclic amines) is 1. The number of primary amides is 1. The molecule has 1 saturated heterocycles. The smallest absolute Gasteiger partial charge is 0.225 e. The molecule has 27 heavy (non-hydrogen) atoms. The standard InChI is InChI=1S/C22H25N3O2/c23-21(27)22(10-2-12-25(15-22)20(26)18-8-9-18)13-16-4-6-17(7-5-16)19-3-1-11-24-14-19/h1,3-7,11,14,18H,2,8-10,12-13,15H2,(H2,23,27)/t22-/m0/s1. The van der Waals surface area contributed by atoms with Gasteiger partial charge in [-0.2, -0.15) is 0 Å². The van der Waals surface area contributed by atoms with E-state index in [4.69, 9.17) is 5.73 Å². The third kappa shape index (κ3) is 3.72. The predicted molar refractivity (Wildman–Crippen MR) is 104 cm³/mol. The maximum atomic E-state index is 12.5. The average molecular weight is 363 g/mol. The molecule has 2 N–H and O–H groups in total. The van der Waals surface area contributed by atoms with E-state index in [0.717, 1.165) is 48.9 Å². The van der Waals surface area contributed by atoms with E-state index in [1.165, 1.54) is 0 Å². The van der Waals surface area contributed by atoms with E-state index < -0.39 is 5.41 Å². The number of hydrogen-bond donors (Lipinski definition) is 1. The SMILES string of the molecule is NC(=O)[C@]1(Cc2ccc(-c3cccnc3)cc2)CCCN(C(=O)C2CC2)C1. The number of hydrogen-bond acceptors (Lipinski definition) is 3.